The zero-order valence-electron chi connectivity index (χ0n) is 12.9. The summed E-state index contributed by atoms with van der Waals surface area (Å²) in [5.74, 6) is 1.04. The molecular weight excluding hydrogens is 270 g/mol. The highest BCUT2D eigenvalue weighted by molar-refractivity contribution is 5.67. The normalized spacial score (nSPS) is 18.7. The number of aryl methyl sites for hydroxylation is 1. The number of carboxylic acid groups (broad SMARTS) is 1. The second-order valence-electron chi connectivity index (χ2n) is 5.62. The third kappa shape index (κ3) is 3.88. The Balaban J connectivity index is 2.05. The highest BCUT2D eigenvalue weighted by Gasteiger charge is 2.25. The van der Waals surface area contributed by atoms with Crippen molar-refractivity contribution in [1.82, 2.24) is 4.90 Å². The molecule has 1 fully saturated rings. The molecule has 0 aromatic heterocycles. The number of carbonyl (C=O) groups is 1. The van der Waals surface area contributed by atoms with E-state index >= 15 is 0 Å². The van der Waals surface area contributed by atoms with E-state index < -0.39 is 5.97 Å². The maximum Gasteiger partial charge on any atom is 0.303 e. The molecule has 2 rings (SSSR count). The maximum absolute atomic E-state index is 10.8. The summed E-state index contributed by atoms with van der Waals surface area (Å²) in [7, 11) is 3.27. The van der Waals surface area contributed by atoms with Crippen LogP contribution in [0.5, 0.6) is 11.5 Å². The minimum absolute atomic E-state index is 0.265. The first-order valence-electron chi connectivity index (χ1n) is 7.19. The zero-order valence-corrected chi connectivity index (χ0v) is 12.9. The van der Waals surface area contributed by atoms with Crippen LogP contribution in [0.4, 0.5) is 0 Å². The molecule has 1 heterocycles. The number of hydrogen-bond acceptors (Lipinski definition) is 4. The Morgan fingerprint density at radius 3 is 2.62 bits per heavy atom. The van der Waals surface area contributed by atoms with Crippen LogP contribution >= 0.6 is 0 Å². The van der Waals surface area contributed by atoms with Crippen LogP contribution < -0.4 is 9.47 Å². The average molecular weight is 293 g/mol. The second-order valence-corrected chi connectivity index (χ2v) is 5.62. The lowest BCUT2D eigenvalue weighted by Gasteiger charge is -2.19. The van der Waals surface area contributed by atoms with Crippen molar-refractivity contribution in [3.05, 3.63) is 23.3 Å². The van der Waals surface area contributed by atoms with Gasteiger partial charge in [0.25, 0.3) is 0 Å². The van der Waals surface area contributed by atoms with E-state index in [1.165, 1.54) is 5.56 Å². The minimum Gasteiger partial charge on any atom is -0.493 e. The van der Waals surface area contributed by atoms with Crippen LogP contribution in [-0.2, 0) is 11.3 Å². The number of benzene rings is 1. The standard InChI is InChI=1S/C16H23NO4/c1-11-6-14(20-2)15(21-3)8-13(11)10-17-5-4-12(9-17)7-16(18)19/h6,8,12H,4-5,7,9-10H2,1-3H3,(H,18,19). The van der Waals surface area contributed by atoms with Gasteiger partial charge in [-0.1, -0.05) is 0 Å². The van der Waals surface area contributed by atoms with Crippen LogP contribution in [0.15, 0.2) is 12.1 Å². The van der Waals surface area contributed by atoms with Crippen LogP contribution in [-0.4, -0.2) is 43.3 Å². The van der Waals surface area contributed by atoms with E-state index in [1.54, 1.807) is 14.2 Å². The van der Waals surface area contributed by atoms with Crippen molar-refractivity contribution in [3.8, 4) is 11.5 Å². The van der Waals surface area contributed by atoms with Gasteiger partial charge in [0.1, 0.15) is 0 Å². The Kier molecular flexibility index (Phi) is 5.07. The number of ether oxygens (including phenoxy) is 2. The van der Waals surface area contributed by atoms with Gasteiger partial charge in [-0.15, -0.1) is 0 Å². The van der Waals surface area contributed by atoms with Gasteiger partial charge in [0.2, 0.25) is 0 Å². The summed E-state index contributed by atoms with van der Waals surface area (Å²) < 4.78 is 10.6. The van der Waals surface area contributed by atoms with Gasteiger partial charge < -0.3 is 14.6 Å². The number of methoxy groups -OCH3 is 2. The van der Waals surface area contributed by atoms with E-state index in [2.05, 4.69) is 11.8 Å². The summed E-state index contributed by atoms with van der Waals surface area (Å²) in [6.07, 6.45) is 1.22. The lowest BCUT2D eigenvalue weighted by atomic mass is 10.1. The quantitative estimate of drug-likeness (QED) is 0.872. The Bertz CT molecular complexity index is 515. The first kappa shape index (κ1) is 15.6. The van der Waals surface area contributed by atoms with Gasteiger partial charge in [0.05, 0.1) is 14.2 Å². The third-order valence-corrected chi connectivity index (χ3v) is 4.07. The molecule has 0 bridgehead atoms. The molecule has 1 atom stereocenters. The van der Waals surface area contributed by atoms with E-state index in [4.69, 9.17) is 14.6 Å². The van der Waals surface area contributed by atoms with Crippen LogP contribution in [0.2, 0.25) is 0 Å². The van der Waals surface area contributed by atoms with E-state index in [1.807, 2.05) is 12.1 Å². The smallest absolute Gasteiger partial charge is 0.303 e. The molecule has 1 unspecified atom stereocenters. The monoisotopic (exact) mass is 293 g/mol. The van der Waals surface area contributed by atoms with Crippen LogP contribution in [0, 0.1) is 12.8 Å². The molecular formula is C16H23NO4. The zero-order chi connectivity index (χ0) is 15.4. The SMILES string of the molecule is COc1cc(C)c(CN2CCC(CC(=O)O)C2)cc1OC. The van der Waals surface area contributed by atoms with E-state index in [0.717, 1.165) is 43.1 Å². The number of aliphatic carboxylic acids is 1. The van der Waals surface area contributed by atoms with Crippen molar-refractivity contribution in [1.29, 1.82) is 0 Å². The number of likely N-dealkylation sites (tertiary alicyclic amines) is 1. The second kappa shape index (κ2) is 6.80. The summed E-state index contributed by atoms with van der Waals surface area (Å²) >= 11 is 0. The van der Waals surface area contributed by atoms with Crippen molar-refractivity contribution in [2.24, 2.45) is 5.92 Å². The fourth-order valence-electron chi connectivity index (χ4n) is 2.90. The first-order valence-corrected chi connectivity index (χ1v) is 7.19. The summed E-state index contributed by atoms with van der Waals surface area (Å²) in [5.41, 5.74) is 2.36. The molecule has 5 nitrogen and oxygen atoms in total. The highest BCUT2D eigenvalue weighted by Crippen LogP contribution is 2.31. The fourth-order valence-corrected chi connectivity index (χ4v) is 2.90. The first-order chi connectivity index (χ1) is 10.0. The molecule has 1 aliphatic rings. The van der Waals surface area contributed by atoms with Crippen molar-refractivity contribution in [2.75, 3.05) is 27.3 Å². The van der Waals surface area contributed by atoms with E-state index in [0.29, 0.717) is 0 Å². The number of rotatable bonds is 6. The number of nitrogens with zero attached hydrogens (tertiary/aromatic N) is 1. The topological polar surface area (TPSA) is 59.0 Å². The van der Waals surface area contributed by atoms with Gasteiger partial charge in [0, 0.05) is 19.5 Å². The summed E-state index contributed by atoms with van der Waals surface area (Å²) in [6, 6.07) is 4.00. The predicted octanol–water partition coefficient (Wildman–Crippen LogP) is 2.31. The molecule has 1 aromatic carbocycles. The molecule has 116 valence electrons. The highest BCUT2D eigenvalue weighted by atomic mass is 16.5. The Morgan fingerprint density at radius 2 is 2.00 bits per heavy atom. The summed E-state index contributed by atoms with van der Waals surface area (Å²) in [5, 5.41) is 8.87. The summed E-state index contributed by atoms with van der Waals surface area (Å²) in [6.45, 7) is 4.68. The van der Waals surface area contributed by atoms with Crippen molar-refractivity contribution in [3.63, 3.8) is 0 Å². The lowest BCUT2D eigenvalue weighted by Crippen LogP contribution is -2.21. The Labute approximate surface area is 125 Å². The van der Waals surface area contributed by atoms with Gasteiger partial charge in [-0.2, -0.15) is 0 Å². The molecule has 5 heteroatoms. The maximum atomic E-state index is 10.8. The van der Waals surface area contributed by atoms with Gasteiger partial charge in [-0.05, 0) is 49.1 Å². The fraction of sp³-hybridized carbons (Fsp3) is 0.562. The van der Waals surface area contributed by atoms with Gasteiger partial charge in [0.15, 0.2) is 11.5 Å². The van der Waals surface area contributed by atoms with E-state index in [-0.39, 0.29) is 12.3 Å². The molecule has 21 heavy (non-hydrogen) atoms. The molecule has 0 spiro atoms. The van der Waals surface area contributed by atoms with Crippen LogP contribution in [0.3, 0.4) is 0 Å². The molecule has 1 N–H and O–H groups in total. The summed E-state index contributed by atoms with van der Waals surface area (Å²) in [4.78, 5) is 13.1. The van der Waals surface area contributed by atoms with Gasteiger partial charge >= 0.3 is 5.97 Å². The predicted molar refractivity (Wildman–Crippen MR) is 79.9 cm³/mol. The van der Waals surface area contributed by atoms with Crippen LogP contribution in [0.25, 0.3) is 0 Å². The molecule has 1 aromatic rings. The molecule has 0 saturated carbocycles. The lowest BCUT2D eigenvalue weighted by molar-refractivity contribution is -0.138. The molecule has 0 amide bonds. The number of carboxylic acids is 1. The van der Waals surface area contributed by atoms with Gasteiger partial charge in [-0.3, -0.25) is 9.69 Å². The van der Waals surface area contributed by atoms with E-state index in [9.17, 15) is 4.79 Å². The third-order valence-electron chi connectivity index (χ3n) is 4.07. The minimum atomic E-state index is -0.704. The Morgan fingerprint density at radius 1 is 1.33 bits per heavy atom. The molecule has 1 aliphatic heterocycles. The van der Waals surface area contributed by atoms with Crippen molar-refractivity contribution >= 4 is 5.97 Å². The average Bonchev–Trinajstić information content (AvgIpc) is 2.87. The number of hydrogen-bond donors (Lipinski definition) is 1. The Hall–Kier alpha value is -1.75. The molecule has 1 saturated heterocycles. The molecule has 0 aliphatic carbocycles. The van der Waals surface area contributed by atoms with Crippen molar-refractivity contribution < 1.29 is 19.4 Å². The van der Waals surface area contributed by atoms with Crippen molar-refractivity contribution in [2.45, 2.75) is 26.3 Å². The van der Waals surface area contributed by atoms with Crippen LogP contribution in [0.1, 0.15) is 24.0 Å². The largest absolute Gasteiger partial charge is 0.493 e. The van der Waals surface area contributed by atoms with Gasteiger partial charge in [-0.25, -0.2) is 0 Å². The molecule has 0 radical (unpaired) electrons.